The highest BCUT2D eigenvalue weighted by Gasteiger charge is 2.14. The number of carbonyl (C=O) groups excluding carboxylic acids is 1. The highest BCUT2D eigenvalue weighted by molar-refractivity contribution is 5.86. The molecule has 1 aromatic heterocycles. The SMILES string of the molecule is Cc1cccc2c(CCNC(=O)CC(O)C(C)C)c[nH]c12. The molecule has 0 radical (unpaired) electrons. The van der Waals surface area contributed by atoms with Gasteiger partial charge >= 0.3 is 0 Å². The monoisotopic (exact) mass is 288 g/mol. The third kappa shape index (κ3) is 3.85. The van der Waals surface area contributed by atoms with E-state index in [1.54, 1.807) is 0 Å². The van der Waals surface area contributed by atoms with Crippen molar-refractivity contribution < 1.29 is 9.90 Å². The molecule has 2 rings (SSSR count). The van der Waals surface area contributed by atoms with E-state index >= 15 is 0 Å². The summed E-state index contributed by atoms with van der Waals surface area (Å²) in [5.74, 6) is 0.0135. The first-order valence-corrected chi connectivity index (χ1v) is 7.49. The standard InChI is InChI=1S/C17H24N2O2/c1-11(2)15(20)9-16(21)18-8-7-13-10-19-17-12(3)5-4-6-14(13)17/h4-6,10-11,15,19-20H,7-9H2,1-3H3,(H,18,21). The number of hydrogen-bond acceptors (Lipinski definition) is 2. The van der Waals surface area contributed by atoms with Gasteiger partial charge in [-0.3, -0.25) is 4.79 Å². The second-order valence-electron chi connectivity index (χ2n) is 5.93. The van der Waals surface area contributed by atoms with Gasteiger partial charge in [-0.2, -0.15) is 0 Å². The maximum Gasteiger partial charge on any atom is 0.222 e. The average Bonchev–Trinajstić information content (AvgIpc) is 2.83. The smallest absolute Gasteiger partial charge is 0.222 e. The molecule has 21 heavy (non-hydrogen) atoms. The van der Waals surface area contributed by atoms with Crippen LogP contribution in [-0.2, 0) is 11.2 Å². The fourth-order valence-corrected chi connectivity index (χ4v) is 2.41. The zero-order chi connectivity index (χ0) is 15.4. The molecule has 114 valence electrons. The van der Waals surface area contributed by atoms with Crippen LogP contribution in [0.1, 0.15) is 31.4 Å². The van der Waals surface area contributed by atoms with Gasteiger partial charge in [-0.1, -0.05) is 32.0 Å². The van der Waals surface area contributed by atoms with E-state index in [0.29, 0.717) is 6.54 Å². The van der Waals surface area contributed by atoms with Crippen LogP contribution in [0.4, 0.5) is 0 Å². The summed E-state index contributed by atoms with van der Waals surface area (Å²) in [6.45, 7) is 6.49. The number of fused-ring (bicyclic) bond motifs is 1. The van der Waals surface area contributed by atoms with E-state index in [1.165, 1.54) is 16.5 Å². The molecule has 0 saturated carbocycles. The Morgan fingerprint density at radius 2 is 2.14 bits per heavy atom. The number of carbonyl (C=O) groups is 1. The van der Waals surface area contributed by atoms with Crippen LogP contribution in [-0.4, -0.2) is 28.6 Å². The van der Waals surface area contributed by atoms with Gasteiger partial charge in [0.15, 0.2) is 0 Å². The van der Waals surface area contributed by atoms with Crippen molar-refractivity contribution in [2.45, 2.75) is 39.7 Å². The van der Waals surface area contributed by atoms with E-state index < -0.39 is 6.10 Å². The highest BCUT2D eigenvalue weighted by Crippen LogP contribution is 2.21. The number of nitrogens with one attached hydrogen (secondary N) is 2. The van der Waals surface area contributed by atoms with Gasteiger partial charge in [0.2, 0.25) is 5.91 Å². The summed E-state index contributed by atoms with van der Waals surface area (Å²) in [4.78, 5) is 15.0. The molecule has 0 saturated heterocycles. The number of hydrogen-bond donors (Lipinski definition) is 3. The molecule has 4 nitrogen and oxygen atoms in total. The van der Waals surface area contributed by atoms with Crippen LogP contribution in [0.5, 0.6) is 0 Å². The van der Waals surface area contributed by atoms with Gasteiger partial charge in [-0.15, -0.1) is 0 Å². The van der Waals surface area contributed by atoms with E-state index in [9.17, 15) is 9.90 Å². The molecular weight excluding hydrogens is 264 g/mol. The minimum Gasteiger partial charge on any atom is -0.392 e. The molecule has 4 heteroatoms. The van der Waals surface area contributed by atoms with Crippen molar-refractivity contribution in [2.75, 3.05) is 6.54 Å². The van der Waals surface area contributed by atoms with E-state index in [4.69, 9.17) is 0 Å². The van der Waals surface area contributed by atoms with E-state index in [1.807, 2.05) is 26.1 Å². The van der Waals surface area contributed by atoms with Crippen molar-refractivity contribution in [3.05, 3.63) is 35.5 Å². The number of amides is 1. The van der Waals surface area contributed by atoms with Gasteiger partial charge in [0.25, 0.3) is 0 Å². The maximum atomic E-state index is 11.7. The minimum atomic E-state index is -0.569. The highest BCUT2D eigenvalue weighted by atomic mass is 16.3. The van der Waals surface area contributed by atoms with E-state index in [-0.39, 0.29) is 18.2 Å². The Kier molecular flexibility index (Phi) is 5.02. The third-order valence-electron chi connectivity index (χ3n) is 3.89. The number of benzene rings is 1. The molecule has 0 fully saturated rings. The second-order valence-corrected chi connectivity index (χ2v) is 5.93. The van der Waals surface area contributed by atoms with Crippen LogP contribution in [0.15, 0.2) is 24.4 Å². The fourth-order valence-electron chi connectivity index (χ4n) is 2.41. The van der Waals surface area contributed by atoms with Crippen LogP contribution in [0.25, 0.3) is 10.9 Å². The molecule has 1 unspecified atom stereocenters. The summed E-state index contributed by atoms with van der Waals surface area (Å²) in [7, 11) is 0. The third-order valence-corrected chi connectivity index (χ3v) is 3.89. The molecule has 0 aliphatic heterocycles. The molecule has 1 atom stereocenters. The van der Waals surface area contributed by atoms with Gasteiger partial charge < -0.3 is 15.4 Å². The van der Waals surface area contributed by atoms with Crippen LogP contribution >= 0.6 is 0 Å². The largest absolute Gasteiger partial charge is 0.392 e. The molecule has 1 aromatic carbocycles. The van der Waals surface area contributed by atoms with Crippen LogP contribution < -0.4 is 5.32 Å². The number of rotatable bonds is 6. The van der Waals surface area contributed by atoms with Crippen LogP contribution in [0, 0.1) is 12.8 Å². The Hall–Kier alpha value is -1.81. The molecule has 0 spiro atoms. The first-order chi connectivity index (χ1) is 9.99. The number of aryl methyl sites for hydroxylation is 1. The molecule has 1 heterocycles. The zero-order valence-corrected chi connectivity index (χ0v) is 12.9. The first kappa shape index (κ1) is 15.6. The van der Waals surface area contributed by atoms with Crippen molar-refractivity contribution in [3.63, 3.8) is 0 Å². The van der Waals surface area contributed by atoms with Crippen LogP contribution in [0.3, 0.4) is 0 Å². The fraction of sp³-hybridized carbons (Fsp3) is 0.471. The molecule has 3 N–H and O–H groups in total. The summed E-state index contributed by atoms with van der Waals surface area (Å²) >= 11 is 0. The average molecular weight is 288 g/mol. The minimum absolute atomic E-state index is 0.0905. The van der Waals surface area contributed by atoms with Gasteiger partial charge in [0.1, 0.15) is 0 Å². The normalized spacial score (nSPS) is 12.8. The molecular formula is C17H24N2O2. The van der Waals surface area contributed by atoms with Gasteiger partial charge in [0, 0.05) is 23.6 Å². The Morgan fingerprint density at radius 1 is 1.38 bits per heavy atom. The Balaban J connectivity index is 1.88. The number of H-pyrrole nitrogens is 1. The number of aliphatic hydroxyl groups excluding tert-OH is 1. The van der Waals surface area contributed by atoms with Gasteiger partial charge in [-0.25, -0.2) is 0 Å². The van der Waals surface area contributed by atoms with Crippen molar-refractivity contribution in [3.8, 4) is 0 Å². The van der Waals surface area contributed by atoms with Crippen LogP contribution in [0.2, 0.25) is 0 Å². The lowest BCUT2D eigenvalue weighted by molar-refractivity contribution is -0.123. The molecule has 0 bridgehead atoms. The predicted molar refractivity (Wildman–Crippen MR) is 85.2 cm³/mol. The summed E-state index contributed by atoms with van der Waals surface area (Å²) in [6.07, 6.45) is 2.39. The molecule has 0 aliphatic rings. The molecule has 1 amide bonds. The Labute approximate surface area is 125 Å². The summed E-state index contributed by atoms with van der Waals surface area (Å²) in [5.41, 5.74) is 3.59. The van der Waals surface area contributed by atoms with E-state index in [2.05, 4.69) is 29.4 Å². The van der Waals surface area contributed by atoms with Gasteiger partial charge in [0.05, 0.1) is 12.5 Å². The van der Waals surface area contributed by atoms with Crippen molar-refractivity contribution >= 4 is 16.8 Å². The molecule has 2 aromatic rings. The Bertz CT molecular complexity index is 616. The first-order valence-electron chi connectivity index (χ1n) is 7.49. The zero-order valence-electron chi connectivity index (χ0n) is 12.9. The predicted octanol–water partition coefficient (Wildman–Crippen LogP) is 2.54. The lowest BCUT2D eigenvalue weighted by Gasteiger charge is -2.13. The quantitative estimate of drug-likeness (QED) is 0.765. The van der Waals surface area contributed by atoms with E-state index in [0.717, 1.165) is 11.9 Å². The topological polar surface area (TPSA) is 65.1 Å². The van der Waals surface area contributed by atoms with Crippen molar-refractivity contribution in [2.24, 2.45) is 5.92 Å². The second kappa shape index (κ2) is 6.76. The lowest BCUT2D eigenvalue weighted by atomic mass is 10.0. The summed E-state index contributed by atoms with van der Waals surface area (Å²) < 4.78 is 0. The number of aromatic nitrogens is 1. The number of aliphatic hydroxyl groups is 1. The number of aromatic amines is 1. The maximum absolute atomic E-state index is 11.7. The lowest BCUT2D eigenvalue weighted by Crippen LogP contribution is -2.30. The summed E-state index contributed by atoms with van der Waals surface area (Å²) in [5, 5.41) is 13.8. The Morgan fingerprint density at radius 3 is 2.86 bits per heavy atom. The van der Waals surface area contributed by atoms with Crippen molar-refractivity contribution in [1.29, 1.82) is 0 Å². The summed E-state index contributed by atoms with van der Waals surface area (Å²) in [6, 6.07) is 6.22. The molecule has 0 aliphatic carbocycles. The van der Waals surface area contributed by atoms with Crippen molar-refractivity contribution in [1.82, 2.24) is 10.3 Å². The number of para-hydroxylation sites is 1. The van der Waals surface area contributed by atoms with Gasteiger partial charge in [-0.05, 0) is 30.4 Å².